The van der Waals surface area contributed by atoms with Crippen LogP contribution in [0.3, 0.4) is 0 Å². The molecule has 0 amide bonds. The molecule has 1 atom stereocenters. The molecule has 0 aromatic heterocycles. The van der Waals surface area contributed by atoms with Gasteiger partial charge in [0.25, 0.3) is 0 Å². The van der Waals surface area contributed by atoms with Crippen LogP contribution in [0.4, 0.5) is 4.39 Å². The molecule has 1 nitrogen and oxygen atoms in total. The molecule has 20 heavy (non-hydrogen) atoms. The lowest BCUT2D eigenvalue weighted by atomic mass is 9.97. The molecule has 0 aliphatic heterocycles. The summed E-state index contributed by atoms with van der Waals surface area (Å²) in [5, 5.41) is 0. The predicted molar refractivity (Wildman–Crippen MR) is 87.2 cm³/mol. The van der Waals surface area contributed by atoms with Crippen LogP contribution in [0.5, 0.6) is 5.75 Å². The van der Waals surface area contributed by atoms with E-state index in [2.05, 4.69) is 50.9 Å². The molecular weight excluding hydrogens is 387 g/mol. The lowest BCUT2D eigenvalue weighted by molar-refractivity contribution is 0.406. The molecule has 4 heteroatoms. The maximum atomic E-state index is 13.6. The van der Waals surface area contributed by atoms with Gasteiger partial charge in [-0.1, -0.05) is 47.1 Å². The molecule has 0 radical (unpaired) electrons. The number of ether oxygens (including phenoxy) is 1. The number of rotatable bonds is 4. The minimum Gasteiger partial charge on any atom is -0.496 e. The first kappa shape index (κ1) is 15.5. The Labute approximate surface area is 135 Å². The van der Waals surface area contributed by atoms with Crippen molar-refractivity contribution in [3.8, 4) is 5.75 Å². The molecule has 0 saturated carbocycles. The first-order valence-corrected chi connectivity index (χ1v) is 8.04. The van der Waals surface area contributed by atoms with E-state index in [4.69, 9.17) is 4.74 Å². The highest BCUT2D eigenvalue weighted by Gasteiger charge is 2.19. The first-order chi connectivity index (χ1) is 9.58. The highest BCUT2D eigenvalue weighted by molar-refractivity contribution is 9.10. The molecule has 0 spiro atoms. The van der Waals surface area contributed by atoms with Crippen molar-refractivity contribution in [2.24, 2.45) is 0 Å². The van der Waals surface area contributed by atoms with Gasteiger partial charge in [-0.15, -0.1) is 0 Å². The average Bonchev–Trinajstić information content (AvgIpc) is 2.48. The number of aryl methyl sites for hydroxylation is 1. The Morgan fingerprint density at radius 2 is 1.90 bits per heavy atom. The van der Waals surface area contributed by atoms with Crippen LogP contribution in [-0.4, -0.2) is 7.11 Å². The number of hydrogen-bond acceptors (Lipinski definition) is 1. The number of benzene rings is 2. The normalized spacial score (nSPS) is 12.2. The Bertz CT molecular complexity index is 613. The summed E-state index contributed by atoms with van der Waals surface area (Å²) in [6.07, 6.45) is 0.947. The lowest BCUT2D eigenvalue weighted by Crippen LogP contribution is -2.01. The van der Waals surface area contributed by atoms with E-state index in [1.807, 2.05) is 12.1 Å². The Balaban J connectivity index is 2.52. The van der Waals surface area contributed by atoms with Crippen molar-refractivity contribution in [3.05, 3.63) is 63.4 Å². The predicted octanol–water partition coefficient (Wildman–Crippen LogP) is 5.64. The van der Waals surface area contributed by atoms with Crippen LogP contribution in [0.2, 0.25) is 0 Å². The van der Waals surface area contributed by atoms with Crippen LogP contribution >= 0.6 is 31.9 Å². The molecule has 2 aromatic rings. The summed E-state index contributed by atoms with van der Waals surface area (Å²) in [6, 6.07) is 11.4. The van der Waals surface area contributed by atoms with Gasteiger partial charge in [0.1, 0.15) is 11.6 Å². The summed E-state index contributed by atoms with van der Waals surface area (Å²) >= 11 is 6.95. The smallest absolute Gasteiger partial charge is 0.141 e. The third kappa shape index (κ3) is 3.07. The van der Waals surface area contributed by atoms with E-state index < -0.39 is 0 Å². The van der Waals surface area contributed by atoms with Crippen LogP contribution < -0.4 is 4.74 Å². The van der Waals surface area contributed by atoms with Crippen molar-refractivity contribution in [1.82, 2.24) is 0 Å². The summed E-state index contributed by atoms with van der Waals surface area (Å²) in [4.78, 5) is -0.0366. The van der Waals surface area contributed by atoms with E-state index in [0.717, 1.165) is 12.0 Å². The summed E-state index contributed by atoms with van der Waals surface area (Å²) in [5.74, 6) is 0.215. The van der Waals surface area contributed by atoms with Gasteiger partial charge < -0.3 is 4.74 Å². The maximum absolute atomic E-state index is 13.6. The van der Waals surface area contributed by atoms with Gasteiger partial charge in [-0.05, 0) is 39.5 Å². The van der Waals surface area contributed by atoms with Crippen LogP contribution in [-0.2, 0) is 6.42 Å². The molecular formula is C16H15Br2FO. The molecule has 0 heterocycles. The fourth-order valence-electron chi connectivity index (χ4n) is 2.19. The Kier molecular flexibility index (Phi) is 5.22. The second kappa shape index (κ2) is 6.72. The fourth-order valence-corrected chi connectivity index (χ4v) is 3.36. The van der Waals surface area contributed by atoms with Gasteiger partial charge in [-0.2, -0.15) is 0 Å². The molecule has 2 rings (SSSR count). The molecule has 0 aliphatic carbocycles. The molecule has 0 N–H and O–H groups in total. The third-order valence-electron chi connectivity index (χ3n) is 3.25. The maximum Gasteiger partial charge on any atom is 0.141 e. The monoisotopic (exact) mass is 400 g/mol. The largest absolute Gasteiger partial charge is 0.496 e. The zero-order chi connectivity index (χ0) is 14.7. The highest BCUT2D eigenvalue weighted by Crippen LogP contribution is 2.40. The van der Waals surface area contributed by atoms with Gasteiger partial charge in [0.05, 0.1) is 16.4 Å². The van der Waals surface area contributed by atoms with Crippen molar-refractivity contribution in [2.45, 2.75) is 18.2 Å². The second-order valence-corrected chi connectivity index (χ2v) is 6.19. The highest BCUT2D eigenvalue weighted by atomic mass is 79.9. The number of halogens is 3. The van der Waals surface area contributed by atoms with Crippen molar-refractivity contribution in [1.29, 1.82) is 0 Å². The van der Waals surface area contributed by atoms with Crippen molar-refractivity contribution < 1.29 is 9.13 Å². The van der Waals surface area contributed by atoms with Gasteiger partial charge in [0.2, 0.25) is 0 Å². The van der Waals surface area contributed by atoms with Crippen LogP contribution in [0.15, 0.2) is 40.9 Å². The number of alkyl halides is 1. The Morgan fingerprint density at radius 3 is 2.55 bits per heavy atom. The Morgan fingerprint density at radius 1 is 1.20 bits per heavy atom. The molecule has 0 bridgehead atoms. The quantitative estimate of drug-likeness (QED) is 0.602. The second-order valence-electron chi connectivity index (χ2n) is 4.42. The van der Waals surface area contributed by atoms with Crippen LogP contribution in [0, 0.1) is 5.82 Å². The summed E-state index contributed by atoms with van der Waals surface area (Å²) in [5.41, 5.74) is 3.34. The Hall–Kier alpha value is -0.870. The van der Waals surface area contributed by atoms with Gasteiger partial charge >= 0.3 is 0 Å². The van der Waals surface area contributed by atoms with Crippen molar-refractivity contribution in [3.63, 3.8) is 0 Å². The molecule has 0 fully saturated rings. The minimum absolute atomic E-state index is 0.0366. The van der Waals surface area contributed by atoms with E-state index in [-0.39, 0.29) is 10.6 Å². The summed E-state index contributed by atoms with van der Waals surface area (Å²) in [7, 11) is 1.55. The number of methoxy groups -OCH3 is 1. The third-order valence-corrected chi connectivity index (χ3v) is 4.85. The minimum atomic E-state index is -0.325. The van der Waals surface area contributed by atoms with E-state index in [9.17, 15) is 4.39 Å². The van der Waals surface area contributed by atoms with Gasteiger partial charge in [0, 0.05) is 11.6 Å². The van der Waals surface area contributed by atoms with E-state index in [1.54, 1.807) is 13.2 Å². The molecule has 0 saturated heterocycles. The summed E-state index contributed by atoms with van der Waals surface area (Å²) < 4.78 is 19.4. The van der Waals surface area contributed by atoms with Crippen molar-refractivity contribution >= 4 is 31.9 Å². The molecule has 2 aromatic carbocycles. The van der Waals surface area contributed by atoms with Gasteiger partial charge in [-0.25, -0.2) is 4.39 Å². The van der Waals surface area contributed by atoms with E-state index in [0.29, 0.717) is 10.2 Å². The van der Waals surface area contributed by atoms with Gasteiger partial charge in [0.15, 0.2) is 0 Å². The standard InChI is InChI=1S/C16H15Br2FO/c1-3-10-6-4-5-7-11(10)16(18)12-8-13(17)14(19)9-15(12)20-2/h4-9,16H,3H2,1-2H3. The zero-order valence-corrected chi connectivity index (χ0v) is 14.5. The van der Waals surface area contributed by atoms with E-state index >= 15 is 0 Å². The molecule has 0 aliphatic rings. The fraction of sp³-hybridized carbons (Fsp3) is 0.250. The SMILES string of the molecule is CCc1ccccc1C(Br)c1cc(Br)c(F)cc1OC. The summed E-state index contributed by atoms with van der Waals surface area (Å²) in [6.45, 7) is 2.12. The first-order valence-electron chi connectivity index (χ1n) is 6.33. The van der Waals surface area contributed by atoms with Gasteiger partial charge in [-0.3, -0.25) is 0 Å². The van der Waals surface area contributed by atoms with E-state index in [1.165, 1.54) is 17.2 Å². The topological polar surface area (TPSA) is 9.23 Å². The lowest BCUT2D eigenvalue weighted by Gasteiger charge is -2.18. The molecule has 1 unspecified atom stereocenters. The molecule has 106 valence electrons. The number of hydrogen-bond donors (Lipinski definition) is 0. The van der Waals surface area contributed by atoms with Crippen LogP contribution in [0.1, 0.15) is 28.4 Å². The van der Waals surface area contributed by atoms with Crippen LogP contribution in [0.25, 0.3) is 0 Å². The zero-order valence-electron chi connectivity index (χ0n) is 11.3. The van der Waals surface area contributed by atoms with Crippen molar-refractivity contribution in [2.75, 3.05) is 7.11 Å². The average molecular weight is 402 g/mol.